The van der Waals surface area contributed by atoms with Crippen molar-refractivity contribution in [2.45, 2.75) is 31.6 Å². The van der Waals surface area contributed by atoms with E-state index < -0.39 is 0 Å². The third-order valence-electron chi connectivity index (χ3n) is 6.89. The predicted octanol–water partition coefficient (Wildman–Crippen LogP) is 6.58. The number of hydrogen-bond donors (Lipinski definition) is 2. The molecule has 31 heavy (non-hydrogen) atoms. The van der Waals surface area contributed by atoms with Crippen molar-refractivity contribution in [1.82, 2.24) is 0 Å². The summed E-state index contributed by atoms with van der Waals surface area (Å²) >= 11 is 0. The second kappa shape index (κ2) is 7.31. The molecule has 0 aromatic heterocycles. The van der Waals surface area contributed by atoms with Gasteiger partial charge < -0.3 is 10.2 Å². The Labute approximate surface area is 183 Å². The van der Waals surface area contributed by atoms with E-state index in [4.69, 9.17) is 0 Å². The highest BCUT2D eigenvalue weighted by atomic mass is 16.3. The smallest absolute Gasteiger partial charge is 0.118 e. The van der Waals surface area contributed by atoms with Crippen LogP contribution in [0.2, 0.25) is 0 Å². The predicted molar refractivity (Wildman–Crippen MR) is 125 cm³/mol. The summed E-state index contributed by atoms with van der Waals surface area (Å²) in [5.74, 6) is 0.888. The summed E-state index contributed by atoms with van der Waals surface area (Å²) in [6.45, 7) is 3.90. The summed E-state index contributed by atoms with van der Waals surface area (Å²) in [7, 11) is 0. The molecule has 4 aromatic carbocycles. The van der Waals surface area contributed by atoms with Crippen LogP contribution >= 0.6 is 0 Å². The fourth-order valence-corrected chi connectivity index (χ4v) is 5.25. The minimum atomic E-state index is -0.367. The summed E-state index contributed by atoms with van der Waals surface area (Å²) in [6, 6.07) is 31.3. The van der Waals surface area contributed by atoms with Gasteiger partial charge in [0, 0.05) is 11.3 Å². The zero-order valence-corrected chi connectivity index (χ0v) is 17.8. The molecule has 5 rings (SSSR count). The van der Waals surface area contributed by atoms with Gasteiger partial charge in [-0.05, 0) is 71.3 Å². The zero-order chi connectivity index (χ0) is 21.6. The fourth-order valence-electron chi connectivity index (χ4n) is 5.25. The number of hydrogen-bond acceptors (Lipinski definition) is 2. The molecule has 4 aromatic rings. The Kier molecular flexibility index (Phi) is 4.59. The van der Waals surface area contributed by atoms with Crippen molar-refractivity contribution < 1.29 is 10.2 Å². The van der Waals surface area contributed by atoms with Crippen molar-refractivity contribution >= 4 is 0 Å². The minimum absolute atomic E-state index is 0.264. The Balaban J connectivity index is 1.82. The quantitative estimate of drug-likeness (QED) is 0.403. The lowest BCUT2D eigenvalue weighted by Gasteiger charge is -2.33. The van der Waals surface area contributed by atoms with Gasteiger partial charge in [0.05, 0.1) is 0 Å². The molecule has 0 amide bonds. The molecule has 0 aliphatic heterocycles. The molecule has 2 N–H and O–H groups in total. The van der Waals surface area contributed by atoms with Gasteiger partial charge in [0.2, 0.25) is 0 Å². The Morgan fingerprint density at radius 1 is 0.677 bits per heavy atom. The van der Waals surface area contributed by atoms with Crippen LogP contribution in [0, 0.1) is 13.8 Å². The molecule has 0 radical (unpaired) electrons. The zero-order valence-electron chi connectivity index (χ0n) is 17.8. The Morgan fingerprint density at radius 2 is 1.23 bits per heavy atom. The van der Waals surface area contributed by atoms with Gasteiger partial charge in [-0.3, -0.25) is 0 Å². The summed E-state index contributed by atoms with van der Waals surface area (Å²) in [4.78, 5) is 0. The molecule has 0 spiro atoms. The molecule has 0 saturated carbocycles. The maximum Gasteiger partial charge on any atom is 0.118 e. The van der Waals surface area contributed by atoms with Crippen molar-refractivity contribution in [2.24, 2.45) is 0 Å². The van der Waals surface area contributed by atoms with Crippen LogP contribution in [0.1, 0.15) is 51.3 Å². The molecule has 0 saturated heterocycles. The molecular formula is C29H26O2. The second-order valence-corrected chi connectivity index (χ2v) is 8.66. The van der Waals surface area contributed by atoms with Gasteiger partial charge in [0.15, 0.2) is 0 Å². The van der Waals surface area contributed by atoms with E-state index in [-0.39, 0.29) is 11.3 Å². The average molecular weight is 407 g/mol. The largest absolute Gasteiger partial charge is 0.508 e. The van der Waals surface area contributed by atoms with E-state index in [0.717, 1.165) is 17.5 Å². The Hall–Kier alpha value is -3.52. The third-order valence-corrected chi connectivity index (χ3v) is 6.89. The van der Waals surface area contributed by atoms with Gasteiger partial charge >= 0.3 is 0 Å². The molecule has 2 heteroatoms. The van der Waals surface area contributed by atoms with E-state index in [2.05, 4.69) is 78.9 Å². The number of aryl methyl sites for hydroxylation is 2. The first kappa shape index (κ1) is 19.4. The normalized spacial score (nSPS) is 16.8. The van der Waals surface area contributed by atoms with Gasteiger partial charge in [-0.25, -0.2) is 0 Å². The van der Waals surface area contributed by atoms with Crippen LogP contribution in [0.25, 0.3) is 0 Å². The third kappa shape index (κ3) is 3.02. The van der Waals surface area contributed by atoms with Crippen LogP contribution in [-0.2, 0) is 5.41 Å². The lowest BCUT2D eigenvalue weighted by Crippen LogP contribution is -2.27. The van der Waals surface area contributed by atoms with Crippen LogP contribution < -0.4 is 0 Å². The van der Waals surface area contributed by atoms with E-state index in [1.54, 1.807) is 12.1 Å². The van der Waals surface area contributed by atoms with Crippen molar-refractivity contribution in [3.8, 4) is 11.5 Å². The summed E-state index contributed by atoms with van der Waals surface area (Å²) in [6.07, 6.45) is 0.894. The first-order valence-electron chi connectivity index (χ1n) is 10.8. The molecule has 0 bridgehead atoms. The van der Waals surface area contributed by atoms with Crippen molar-refractivity contribution in [3.05, 3.63) is 130 Å². The Morgan fingerprint density at radius 3 is 1.81 bits per heavy atom. The van der Waals surface area contributed by atoms with E-state index >= 15 is 0 Å². The highest BCUT2D eigenvalue weighted by Gasteiger charge is 2.46. The first-order chi connectivity index (χ1) is 15.0. The SMILES string of the molecule is Cc1cc(C2(c3ccc(O)c(C)c3)CC(c3ccccc3)c3ccccc32)ccc1O. The van der Waals surface area contributed by atoms with Gasteiger partial charge in [0.25, 0.3) is 0 Å². The van der Waals surface area contributed by atoms with Crippen LogP contribution in [0.5, 0.6) is 11.5 Å². The minimum Gasteiger partial charge on any atom is -0.508 e. The van der Waals surface area contributed by atoms with Crippen LogP contribution in [0.4, 0.5) is 0 Å². The monoisotopic (exact) mass is 406 g/mol. The first-order valence-corrected chi connectivity index (χ1v) is 10.8. The molecule has 2 nitrogen and oxygen atoms in total. The maximum absolute atomic E-state index is 10.2. The van der Waals surface area contributed by atoms with Crippen molar-refractivity contribution in [2.75, 3.05) is 0 Å². The molecule has 1 aliphatic carbocycles. The van der Waals surface area contributed by atoms with Crippen molar-refractivity contribution in [1.29, 1.82) is 0 Å². The lowest BCUT2D eigenvalue weighted by molar-refractivity contribution is 0.469. The topological polar surface area (TPSA) is 40.5 Å². The number of phenolic OH excluding ortho intramolecular Hbond substituents is 2. The number of fused-ring (bicyclic) bond motifs is 1. The Bertz CT molecular complexity index is 1210. The van der Waals surface area contributed by atoms with Gasteiger partial charge in [-0.1, -0.05) is 78.9 Å². The molecule has 1 unspecified atom stereocenters. The highest BCUT2D eigenvalue weighted by Crippen LogP contribution is 2.56. The van der Waals surface area contributed by atoms with E-state index in [1.165, 1.54) is 27.8 Å². The molecular weight excluding hydrogens is 380 g/mol. The number of benzene rings is 4. The average Bonchev–Trinajstić information content (AvgIpc) is 3.15. The van der Waals surface area contributed by atoms with Crippen LogP contribution in [0.15, 0.2) is 91.0 Å². The van der Waals surface area contributed by atoms with Gasteiger partial charge in [0.1, 0.15) is 11.5 Å². The summed E-state index contributed by atoms with van der Waals surface area (Å²) in [5.41, 5.74) is 7.64. The maximum atomic E-state index is 10.2. The standard InChI is InChI=1S/C29H26O2/c1-19-16-22(12-14-27(19)30)29(23-13-15-28(31)20(2)17-23)18-25(21-8-4-3-5-9-21)24-10-6-7-11-26(24)29/h3-17,25,30-31H,18H2,1-2H3. The molecule has 0 fully saturated rings. The van der Waals surface area contributed by atoms with Crippen LogP contribution in [-0.4, -0.2) is 10.2 Å². The van der Waals surface area contributed by atoms with E-state index in [9.17, 15) is 10.2 Å². The summed E-state index contributed by atoms with van der Waals surface area (Å²) in [5, 5.41) is 20.4. The van der Waals surface area contributed by atoms with Crippen LogP contribution in [0.3, 0.4) is 0 Å². The van der Waals surface area contributed by atoms with Gasteiger partial charge in [-0.2, -0.15) is 0 Å². The molecule has 0 heterocycles. The van der Waals surface area contributed by atoms with E-state index in [0.29, 0.717) is 11.5 Å². The summed E-state index contributed by atoms with van der Waals surface area (Å²) < 4.78 is 0. The molecule has 154 valence electrons. The fraction of sp³-hybridized carbons (Fsp3) is 0.172. The lowest BCUT2D eigenvalue weighted by atomic mass is 9.69. The molecule has 1 atom stereocenters. The van der Waals surface area contributed by atoms with E-state index in [1.807, 2.05) is 13.8 Å². The van der Waals surface area contributed by atoms with Crippen molar-refractivity contribution in [3.63, 3.8) is 0 Å². The number of rotatable bonds is 3. The highest BCUT2D eigenvalue weighted by molar-refractivity contribution is 5.62. The second-order valence-electron chi connectivity index (χ2n) is 8.66. The number of phenols is 2. The van der Waals surface area contributed by atoms with Gasteiger partial charge in [-0.15, -0.1) is 0 Å². The molecule has 1 aliphatic rings. The number of aromatic hydroxyl groups is 2.